The van der Waals surface area contributed by atoms with E-state index in [9.17, 15) is 13.2 Å². The minimum Gasteiger partial charge on any atom is -0.388 e. The van der Waals surface area contributed by atoms with Gasteiger partial charge in [0.25, 0.3) is 5.91 Å². The summed E-state index contributed by atoms with van der Waals surface area (Å²) in [4.78, 5) is 12.2. The molecule has 1 aromatic carbocycles. The van der Waals surface area contributed by atoms with Crippen molar-refractivity contribution in [2.24, 2.45) is 0 Å². The summed E-state index contributed by atoms with van der Waals surface area (Å²) >= 11 is 0. The average molecular weight is 313 g/mol. The highest BCUT2D eigenvalue weighted by Gasteiger charge is 2.23. The largest absolute Gasteiger partial charge is 0.388 e. The number of hydrogen-bond acceptors (Lipinski definition) is 4. The van der Waals surface area contributed by atoms with Crippen LogP contribution in [0.4, 0.5) is 5.69 Å². The lowest BCUT2D eigenvalue weighted by molar-refractivity contribution is 0.0944. The highest BCUT2D eigenvalue weighted by molar-refractivity contribution is 7.88. The second-order valence-electron chi connectivity index (χ2n) is 5.72. The van der Waals surface area contributed by atoms with Crippen molar-refractivity contribution in [2.45, 2.75) is 26.3 Å². The second kappa shape index (κ2) is 6.44. The van der Waals surface area contributed by atoms with E-state index >= 15 is 0 Å². The van der Waals surface area contributed by atoms with E-state index in [2.05, 4.69) is 15.4 Å². The molecule has 0 saturated heterocycles. The van der Waals surface area contributed by atoms with Crippen molar-refractivity contribution in [1.29, 1.82) is 0 Å². The first kappa shape index (κ1) is 17.5. The van der Waals surface area contributed by atoms with Crippen LogP contribution in [0.1, 0.15) is 29.8 Å². The molecule has 0 unspecified atom stereocenters. The number of carbonyl (C=O) groups is 1. The number of rotatable bonds is 6. The number of aryl methyl sites for hydroxylation is 1. The van der Waals surface area contributed by atoms with Gasteiger partial charge in [-0.05, 0) is 44.5 Å². The van der Waals surface area contributed by atoms with Gasteiger partial charge in [-0.3, -0.25) is 4.79 Å². The molecule has 0 heterocycles. The van der Waals surface area contributed by atoms with Gasteiger partial charge in [-0.1, -0.05) is 0 Å². The fourth-order valence-corrected chi connectivity index (χ4v) is 3.08. The minimum absolute atomic E-state index is 0.201. The van der Waals surface area contributed by atoms with Gasteiger partial charge < -0.3 is 10.6 Å². The first-order chi connectivity index (χ1) is 9.54. The molecular weight excluding hydrogens is 290 g/mol. The lowest BCUT2D eigenvalue weighted by atomic mass is 10.1. The smallest absolute Gasteiger partial charge is 0.251 e. The van der Waals surface area contributed by atoms with Gasteiger partial charge in [0.2, 0.25) is 10.0 Å². The predicted octanol–water partition coefficient (Wildman–Crippen LogP) is 1.09. The van der Waals surface area contributed by atoms with Gasteiger partial charge in [0.1, 0.15) is 0 Å². The number of sulfonamides is 1. The van der Waals surface area contributed by atoms with Crippen LogP contribution in [0.3, 0.4) is 0 Å². The van der Waals surface area contributed by atoms with Gasteiger partial charge in [-0.25, -0.2) is 13.1 Å². The first-order valence-corrected chi connectivity index (χ1v) is 8.49. The van der Waals surface area contributed by atoms with E-state index in [1.165, 1.54) is 0 Å². The van der Waals surface area contributed by atoms with Gasteiger partial charge in [0.15, 0.2) is 0 Å². The van der Waals surface area contributed by atoms with Gasteiger partial charge >= 0.3 is 0 Å². The molecule has 1 rings (SSSR count). The zero-order valence-electron chi connectivity index (χ0n) is 13.1. The van der Waals surface area contributed by atoms with Crippen LogP contribution in [-0.4, -0.2) is 39.7 Å². The molecule has 0 radical (unpaired) electrons. The van der Waals surface area contributed by atoms with E-state index in [-0.39, 0.29) is 12.5 Å². The summed E-state index contributed by atoms with van der Waals surface area (Å²) in [6.45, 7) is 5.48. The average Bonchev–Trinajstić information content (AvgIpc) is 2.33. The second-order valence-corrected chi connectivity index (χ2v) is 7.47. The Morgan fingerprint density at radius 1 is 1.29 bits per heavy atom. The van der Waals surface area contributed by atoms with E-state index < -0.39 is 15.6 Å². The zero-order chi connectivity index (χ0) is 16.3. The van der Waals surface area contributed by atoms with Gasteiger partial charge in [-0.2, -0.15) is 0 Å². The Hall–Kier alpha value is -1.60. The van der Waals surface area contributed by atoms with Gasteiger partial charge in [-0.15, -0.1) is 0 Å². The van der Waals surface area contributed by atoms with Crippen LogP contribution in [0.25, 0.3) is 0 Å². The summed E-state index contributed by atoms with van der Waals surface area (Å²) < 4.78 is 25.0. The molecule has 0 atom stereocenters. The van der Waals surface area contributed by atoms with Crippen molar-refractivity contribution in [1.82, 2.24) is 10.0 Å². The molecule has 0 bridgehead atoms. The van der Waals surface area contributed by atoms with E-state index in [4.69, 9.17) is 0 Å². The number of anilines is 1. The predicted molar refractivity (Wildman–Crippen MR) is 85.1 cm³/mol. The lowest BCUT2D eigenvalue weighted by Gasteiger charge is -2.25. The Bertz CT molecular complexity index is 624. The molecule has 0 aliphatic rings. The maximum atomic E-state index is 12.2. The van der Waals surface area contributed by atoms with Crippen LogP contribution in [-0.2, 0) is 10.0 Å². The number of carbonyl (C=O) groups excluding carboxylic acids is 1. The van der Waals surface area contributed by atoms with Crippen molar-refractivity contribution >= 4 is 21.6 Å². The molecule has 0 saturated carbocycles. The summed E-state index contributed by atoms with van der Waals surface area (Å²) in [5.74, 6) is -0.224. The van der Waals surface area contributed by atoms with Crippen LogP contribution in [0, 0.1) is 6.92 Å². The molecule has 21 heavy (non-hydrogen) atoms. The van der Waals surface area contributed by atoms with Crippen molar-refractivity contribution in [2.75, 3.05) is 25.2 Å². The Balaban J connectivity index is 2.74. The molecular formula is C14H23N3O3S. The molecule has 0 aliphatic carbocycles. The summed E-state index contributed by atoms with van der Waals surface area (Å²) in [5, 5.41) is 5.76. The standard InChI is InChI=1S/C14H23N3O3S/c1-10-8-11(15-4)6-7-12(10)13(18)16-9-14(2,3)17-21(5,19)20/h6-8,15,17H,9H2,1-5H3,(H,16,18). The van der Waals surface area contributed by atoms with Crippen LogP contribution >= 0.6 is 0 Å². The number of amides is 1. The van der Waals surface area contributed by atoms with E-state index in [1.54, 1.807) is 19.9 Å². The fraction of sp³-hybridized carbons (Fsp3) is 0.500. The zero-order valence-corrected chi connectivity index (χ0v) is 13.9. The third-order valence-corrected chi connectivity index (χ3v) is 3.84. The third-order valence-electron chi connectivity index (χ3n) is 2.91. The molecule has 0 aliphatic heterocycles. The van der Waals surface area contributed by atoms with Crippen molar-refractivity contribution in [3.05, 3.63) is 29.3 Å². The Morgan fingerprint density at radius 3 is 2.38 bits per heavy atom. The molecule has 0 spiro atoms. The molecule has 1 amide bonds. The number of nitrogens with one attached hydrogen (secondary N) is 3. The van der Waals surface area contributed by atoms with Crippen molar-refractivity contribution < 1.29 is 13.2 Å². The fourth-order valence-electron chi connectivity index (χ4n) is 2.01. The summed E-state index contributed by atoms with van der Waals surface area (Å²) in [6, 6.07) is 5.45. The van der Waals surface area contributed by atoms with Gasteiger partial charge in [0, 0.05) is 30.4 Å². The molecule has 118 valence electrons. The molecule has 0 fully saturated rings. The first-order valence-electron chi connectivity index (χ1n) is 6.59. The van der Waals surface area contributed by atoms with Crippen molar-refractivity contribution in [3.8, 4) is 0 Å². The Kier molecular flexibility index (Phi) is 5.36. The maximum Gasteiger partial charge on any atom is 0.251 e. The minimum atomic E-state index is -3.32. The SMILES string of the molecule is CNc1ccc(C(=O)NCC(C)(C)NS(C)(=O)=O)c(C)c1. The van der Waals surface area contributed by atoms with Crippen LogP contribution in [0.15, 0.2) is 18.2 Å². The summed E-state index contributed by atoms with van der Waals surface area (Å²) in [6.07, 6.45) is 1.09. The molecule has 6 nitrogen and oxygen atoms in total. The maximum absolute atomic E-state index is 12.2. The van der Waals surface area contributed by atoms with Crippen LogP contribution in [0.2, 0.25) is 0 Å². The third kappa shape index (κ3) is 5.73. The molecule has 1 aromatic rings. The Labute approximate surface area is 126 Å². The molecule has 3 N–H and O–H groups in total. The molecule has 7 heteroatoms. The monoisotopic (exact) mass is 313 g/mol. The van der Waals surface area contributed by atoms with Gasteiger partial charge in [0.05, 0.1) is 6.26 Å². The number of hydrogen-bond donors (Lipinski definition) is 3. The number of benzene rings is 1. The van der Waals surface area contributed by atoms with E-state index in [0.29, 0.717) is 5.56 Å². The van der Waals surface area contributed by atoms with Crippen LogP contribution < -0.4 is 15.4 Å². The topological polar surface area (TPSA) is 87.3 Å². The lowest BCUT2D eigenvalue weighted by Crippen LogP contribution is -2.51. The van der Waals surface area contributed by atoms with Crippen LogP contribution in [0.5, 0.6) is 0 Å². The van der Waals surface area contributed by atoms with E-state index in [0.717, 1.165) is 17.5 Å². The van der Waals surface area contributed by atoms with E-state index in [1.807, 2.05) is 26.1 Å². The Morgan fingerprint density at radius 2 is 1.90 bits per heavy atom. The summed E-state index contributed by atoms with van der Waals surface area (Å²) in [5.41, 5.74) is 1.61. The summed E-state index contributed by atoms with van der Waals surface area (Å²) in [7, 11) is -1.51. The highest BCUT2D eigenvalue weighted by atomic mass is 32.2. The van der Waals surface area contributed by atoms with Crippen molar-refractivity contribution in [3.63, 3.8) is 0 Å². The highest BCUT2D eigenvalue weighted by Crippen LogP contribution is 2.14. The molecule has 0 aromatic heterocycles. The normalized spacial score (nSPS) is 12.0. The quantitative estimate of drug-likeness (QED) is 0.734.